The monoisotopic (exact) mass is 268 g/mol. The second-order valence-electron chi connectivity index (χ2n) is 5.13. The lowest BCUT2D eigenvalue weighted by atomic mass is 10.1. The van der Waals surface area contributed by atoms with Crippen LogP contribution in [0.25, 0.3) is 0 Å². The highest BCUT2D eigenvalue weighted by Crippen LogP contribution is 2.28. The van der Waals surface area contributed by atoms with E-state index in [2.05, 4.69) is 29.0 Å². The summed E-state index contributed by atoms with van der Waals surface area (Å²) in [6, 6.07) is 6.11. The number of hydrogen-bond donors (Lipinski definition) is 1. The minimum Gasteiger partial charge on any atom is -0.393 e. The third kappa shape index (κ3) is 3.37. The van der Waals surface area contributed by atoms with Gasteiger partial charge in [0.25, 0.3) is 0 Å². The Labute approximate surface area is 114 Å². The average molecular weight is 269 g/mol. The molecule has 0 spiro atoms. The predicted molar refractivity (Wildman–Crippen MR) is 76.5 cm³/mol. The molecule has 1 atom stereocenters. The third-order valence-electron chi connectivity index (χ3n) is 3.39. The number of hydrogen-bond acceptors (Lipinski definition) is 3. The predicted octanol–water partition coefficient (Wildman–Crippen LogP) is 2.02. The lowest BCUT2D eigenvalue weighted by molar-refractivity contribution is 0.195. The summed E-state index contributed by atoms with van der Waals surface area (Å²) >= 11 is 6.35. The number of aliphatic hydroxyl groups is 1. The first-order valence-electron chi connectivity index (χ1n) is 6.46. The van der Waals surface area contributed by atoms with Crippen LogP contribution in [0.4, 0.5) is 5.69 Å². The van der Waals surface area contributed by atoms with Crippen LogP contribution in [0.15, 0.2) is 18.2 Å². The molecule has 1 aromatic carbocycles. The van der Waals surface area contributed by atoms with Crippen molar-refractivity contribution in [2.24, 2.45) is 0 Å². The smallest absolute Gasteiger partial charge is 0.0642 e. The molecule has 100 valence electrons. The largest absolute Gasteiger partial charge is 0.393 e. The molecule has 0 radical (unpaired) electrons. The van der Waals surface area contributed by atoms with Gasteiger partial charge in [-0.25, -0.2) is 0 Å². The summed E-state index contributed by atoms with van der Waals surface area (Å²) in [5, 5.41) is 10.2. The number of piperazine rings is 1. The van der Waals surface area contributed by atoms with Crippen molar-refractivity contribution in [3.05, 3.63) is 28.8 Å². The van der Waals surface area contributed by atoms with E-state index in [1.807, 2.05) is 6.07 Å². The van der Waals surface area contributed by atoms with Crippen LogP contribution >= 0.6 is 11.6 Å². The number of likely N-dealkylation sites (N-methyl/N-ethyl adjacent to an activating group) is 1. The molecule has 0 saturated carbocycles. The molecule has 1 aromatic rings. The van der Waals surface area contributed by atoms with E-state index in [-0.39, 0.29) is 6.10 Å². The minimum atomic E-state index is -0.324. The van der Waals surface area contributed by atoms with Gasteiger partial charge in [-0.2, -0.15) is 0 Å². The fourth-order valence-corrected chi connectivity index (χ4v) is 2.64. The van der Waals surface area contributed by atoms with Crippen LogP contribution in [0.3, 0.4) is 0 Å². The number of benzene rings is 1. The zero-order chi connectivity index (χ0) is 13.1. The average Bonchev–Trinajstić information content (AvgIpc) is 2.30. The van der Waals surface area contributed by atoms with Gasteiger partial charge in [0.15, 0.2) is 0 Å². The van der Waals surface area contributed by atoms with Crippen LogP contribution in [0, 0.1) is 0 Å². The van der Waals surface area contributed by atoms with E-state index < -0.39 is 0 Å². The van der Waals surface area contributed by atoms with Crippen molar-refractivity contribution >= 4 is 17.3 Å². The summed E-state index contributed by atoms with van der Waals surface area (Å²) in [5.41, 5.74) is 2.20. The molecule has 1 unspecified atom stereocenters. The maximum Gasteiger partial charge on any atom is 0.0642 e. The molecule has 1 fully saturated rings. The Hall–Kier alpha value is -0.770. The molecule has 1 aliphatic rings. The van der Waals surface area contributed by atoms with Gasteiger partial charge in [0.2, 0.25) is 0 Å². The molecule has 0 aliphatic carbocycles. The standard InChI is InChI=1S/C14H21ClN2O/c1-11(18)9-12-3-4-14(13(15)10-12)17-7-5-16(2)6-8-17/h3-4,10-11,18H,5-9H2,1-2H3. The number of anilines is 1. The van der Waals surface area contributed by atoms with Crippen LogP contribution in [0.1, 0.15) is 12.5 Å². The molecule has 0 aromatic heterocycles. The van der Waals surface area contributed by atoms with E-state index in [1.165, 1.54) is 0 Å². The molecule has 18 heavy (non-hydrogen) atoms. The van der Waals surface area contributed by atoms with E-state index in [9.17, 15) is 5.11 Å². The van der Waals surface area contributed by atoms with Gasteiger partial charge in [0, 0.05) is 26.2 Å². The number of halogens is 1. The quantitative estimate of drug-likeness (QED) is 0.909. The van der Waals surface area contributed by atoms with Crippen molar-refractivity contribution in [1.82, 2.24) is 4.90 Å². The first kappa shape index (κ1) is 13.7. The van der Waals surface area contributed by atoms with Crippen molar-refractivity contribution in [1.29, 1.82) is 0 Å². The highest BCUT2D eigenvalue weighted by atomic mass is 35.5. The second-order valence-corrected chi connectivity index (χ2v) is 5.54. The van der Waals surface area contributed by atoms with Gasteiger partial charge in [-0.15, -0.1) is 0 Å². The van der Waals surface area contributed by atoms with Crippen LogP contribution in [0.2, 0.25) is 5.02 Å². The molecule has 1 heterocycles. The van der Waals surface area contributed by atoms with E-state index in [4.69, 9.17) is 11.6 Å². The Morgan fingerprint density at radius 2 is 1.94 bits per heavy atom. The fourth-order valence-electron chi connectivity index (χ4n) is 2.32. The Kier molecular flexibility index (Phi) is 4.49. The second kappa shape index (κ2) is 5.91. The van der Waals surface area contributed by atoms with Crippen LogP contribution in [-0.4, -0.2) is 49.3 Å². The topological polar surface area (TPSA) is 26.7 Å². The number of aliphatic hydroxyl groups excluding tert-OH is 1. The molecule has 1 saturated heterocycles. The first-order chi connectivity index (χ1) is 8.56. The maximum absolute atomic E-state index is 9.38. The fraction of sp³-hybridized carbons (Fsp3) is 0.571. The molecule has 4 heteroatoms. The highest BCUT2D eigenvalue weighted by Gasteiger charge is 2.16. The van der Waals surface area contributed by atoms with Gasteiger partial charge >= 0.3 is 0 Å². The van der Waals surface area contributed by atoms with E-state index >= 15 is 0 Å². The van der Waals surface area contributed by atoms with Crippen LogP contribution < -0.4 is 4.90 Å². The van der Waals surface area contributed by atoms with Crippen molar-refractivity contribution < 1.29 is 5.11 Å². The third-order valence-corrected chi connectivity index (χ3v) is 3.69. The summed E-state index contributed by atoms with van der Waals surface area (Å²) in [6.45, 7) is 5.98. The molecule has 1 aliphatic heterocycles. The molecule has 1 N–H and O–H groups in total. The lowest BCUT2D eigenvalue weighted by Crippen LogP contribution is -2.44. The zero-order valence-electron chi connectivity index (χ0n) is 11.1. The van der Waals surface area contributed by atoms with Crippen molar-refractivity contribution in [3.8, 4) is 0 Å². The Balaban J connectivity index is 2.09. The van der Waals surface area contributed by atoms with E-state index in [0.717, 1.165) is 42.5 Å². The SMILES string of the molecule is CC(O)Cc1ccc(N2CCN(C)CC2)c(Cl)c1. The summed E-state index contributed by atoms with van der Waals surface area (Å²) in [4.78, 5) is 4.65. The summed E-state index contributed by atoms with van der Waals surface area (Å²) < 4.78 is 0. The Morgan fingerprint density at radius 1 is 1.28 bits per heavy atom. The van der Waals surface area contributed by atoms with Gasteiger partial charge in [-0.1, -0.05) is 17.7 Å². The first-order valence-corrected chi connectivity index (χ1v) is 6.84. The lowest BCUT2D eigenvalue weighted by Gasteiger charge is -2.34. The van der Waals surface area contributed by atoms with Gasteiger partial charge in [0.05, 0.1) is 16.8 Å². The number of nitrogens with zero attached hydrogens (tertiary/aromatic N) is 2. The van der Waals surface area contributed by atoms with Gasteiger partial charge in [-0.3, -0.25) is 0 Å². The zero-order valence-corrected chi connectivity index (χ0v) is 11.8. The van der Waals surface area contributed by atoms with Gasteiger partial charge < -0.3 is 14.9 Å². The van der Waals surface area contributed by atoms with E-state index in [0.29, 0.717) is 6.42 Å². The highest BCUT2D eigenvalue weighted by molar-refractivity contribution is 6.33. The Bertz CT molecular complexity index is 401. The molecule has 0 bridgehead atoms. The maximum atomic E-state index is 9.38. The Morgan fingerprint density at radius 3 is 2.50 bits per heavy atom. The van der Waals surface area contributed by atoms with E-state index in [1.54, 1.807) is 6.92 Å². The molecule has 3 nitrogen and oxygen atoms in total. The normalized spacial score (nSPS) is 19.0. The summed E-state index contributed by atoms with van der Waals surface area (Å²) in [5.74, 6) is 0. The molecular weight excluding hydrogens is 248 g/mol. The van der Waals surface area contributed by atoms with Crippen LogP contribution in [-0.2, 0) is 6.42 Å². The summed E-state index contributed by atoms with van der Waals surface area (Å²) in [7, 11) is 2.14. The minimum absolute atomic E-state index is 0.324. The molecule has 0 amide bonds. The van der Waals surface area contributed by atoms with Crippen LogP contribution in [0.5, 0.6) is 0 Å². The molecule has 2 rings (SSSR count). The molecular formula is C14H21ClN2O. The summed E-state index contributed by atoms with van der Waals surface area (Å²) in [6.07, 6.45) is 0.332. The van der Waals surface area contributed by atoms with Crippen molar-refractivity contribution in [3.63, 3.8) is 0 Å². The van der Waals surface area contributed by atoms with Gasteiger partial charge in [-0.05, 0) is 38.1 Å². The van der Waals surface area contributed by atoms with Crippen molar-refractivity contribution in [2.45, 2.75) is 19.4 Å². The van der Waals surface area contributed by atoms with Crippen molar-refractivity contribution in [2.75, 3.05) is 38.1 Å². The number of rotatable bonds is 3. The van der Waals surface area contributed by atoms with Gasteiger partial charge in [0.1, 0.15) is 0 Å².